The first-order valence-electron chi connectivity index (χ1n) is 9.51. The van der Waals surface area contributed by atoms with Gasteiger partial charge in [0.2, 0.25) is 5.92 Å². The van der Waals surface area contributed by atoms with E-state index in [-0.39, 0.29) is 24.9 Å². The molecule has 6 heteroatoms. The molecule has 0 unspecified atom stereocenters. The predicted molar refractivity (Wildman–Crippen MR) is 86.7 cm³/mol. The molecule has 0 aliphatic heterocycles. The molecule has 1 aromatic rings. The van der Waals surface area contributed by atoms with Crippen molar-refractivity contribution in [2.75, 3.05) is 0 Å². The van der Waals surface area contributed by atoms with E-state index in [0.29, 0.717) is 44.0 Å². The number of carbonyl (C=O) groups excluding carboxylic acids is 1. The fourth-order valence-electron chi connectivity index (χ4n) is 4.06. The van der Waals surface area contributed by atoms with Crippen LogP contribution in [0.15, 0.2) is 4.52 Å². The van der Waals surface area contributed by atoms with Gasteiger partial charge in [0.15, 0.2) is 0 Å². The van der Waals surface area contributed by atoms with Gasteiger partial charge in [-0.25, -0.2) is 8.78 Å². The van der Waals surface area contributed by atoms with Crippen LogP contribution in [0.3, 0.4) is 0 Å². The van der Waals surface area contributed by atoms with Crippen LogP contribution in [0.4, 0.5) is 8.78 Å². The highest BCUT2D eigenvalue weighted by atomic mass is 19.3. The van der Waals surface area contributed by atoms with Crippen LogP contribution in [0.1, 0.15) is 93.1 Å². The summed E-state index contributed by atoms with van der Waals surface area (Å²) in [5.41, 5.74) is 1.83. The number of carbonyl (C=O) groups is 1. The normalized spacial score (nSPS) is 25.4. The summed E-state index contributed by atoms with van der Waals surface area (Å²) in [6.07, 6.45) is 5.78. The summed E-state index contributed by atoms with van der Waals surface area (Å²) in [7, 11) is 0. The fraction of sp³-hybridized carbons (Fsp3) is 0.789. The van der Waals surface area contributed by atoms with Gasteiger partial charge in [-0.05, 0) is 38.5 Å². The lowest BCUT2D eigenvalue weighted by atomic mass is 9.83. The van der Waals surface area contributed by atoms with Gasteiger partial charge in [-0.3, -0.25) is 4.79 Å². The van der Waals surface area contributed by atoms with E-state index in [1.807, 2.05) is 0 Å². The Morgan fingerprint density at radius 1 is 1.04 bits per heavy atom. The van der Waals surface area contributed by atoms with E-state index in [1.165, 1.54) is 0 Å². The number of ether oxygens (including phenoxy) is 1. The van der Waals surface area contributed by atoms with Crippen LogP contribution in [0.5, 0.6) is 0 Å². The second-order valence-corrected chi connectivity index (χ2v) is 7.86. The minimum atomic E-state index is -2.54. The molecule has 138 valence electrons. The Morgan fingerprint density at radius 2 is 1.72 bits per heavy atom. The summed E-state index contributed by atoms with van der Waals surface area (Å²) in [4.78, 5) is 11.4. The molecule has 1 aromatic heterocycles. The summed E-state index contributed by atoms with van der Waals surface area (Å²) in [5.74, 6) is -0.864. The van der Waals surface area contributed by atoms with Crippen molar-refractivity contribution in [3.05, 3.63) is 17.0 Å². The Bertz CT molecular complexity index is 619. The molecule has 4 rings (SSSR count). The Labute approximate surface area is 146 Å². The number of nitrogens with zero attached hydrogens (tertiary/aromatic N) is 1. The second-order valence-electron chi connectivity index (χ2n) is 7.86. The maximum absolute atomic E-state index is 13.5. The van der Waals surface area contributed by atoms with E-state index < -0.39 is 5.92 Å². The zero-order valence-electron chi connectivity index (χ0n) is 14.4. The summed E-state index contributed by atoms with van der Waals surface area (Å²) in [6, 6.07) is 0. The highest BCUT2D eigenvalue weighted by Crippen LogP contribution is 2.46. The Balaban J connectivity index is 1.45. The van der Waals surface area contributed by atoms with E-state index in [2.05, 4.69) is 5.16 Å². The van der Waals surface area contributed by atoms with E-state index in [1.54, 1.807) is 0 Å². The van der Waals surface area contributed by atoms with Crippen LogP contribution in [0.2, 0.25) is 0 Å². The summed E-state index contributed by atoms with van der Waals surface area (Å²) in [5, 5.41) is 4.27. The average Bonchev–Trinajstić information content (AvgIpc) is 3.35. The van der Waals surface area contributed by atoms with Crippen LogP contribution < -0.4 is 0 Å². The van der Waals surface area contributed by atoms with Gasteiger partial charge in [0, 0.05) is 43.1 Å². The maximum atomic E-state index is 13.5. The molecule has 0 aromatic carbocycles. The van der Waals surface area contributed by atoms with Gasteiger partial charge in [0.1, 0.15) is 11.5 Å². The number of rotatable bonds is 5. The number of alkyl halides is 2. The standard InChI is InChI=1S/C19H25F2NO3/c20-19(21)9-7-12(8-10-19)17-16(18(25-22-17)13-1-2-13)11-24-15-5-3-14(23)4-6-15/h12-13,15H,1-11H2. The third-order valence-electron chi connectivity index (χ3n) is 5.85. The van der Waals surface area contributed by atoms with Gasteiger partial charge in [0.25, 0.3) is 0 Å². The number of hydrogen-bond acceptors (Lipinski definition) is 4. The Kier molecular flexibility index (Phi) is 4.65. The molecule has 0 atom stereocenters. The van der Waals surface area contributed by atoms with Crippen molar-refractivity contribution in [2.24, 2.45) is 0 Å². The Morgan fingerprint density at radius 3 is 2.36 bits per heavy atom. The van der Waals surface area contributed by atoms with Gasteiger partial charge < -0.3 is 9.26 Å². The summed E-state index contributed by atoms with van der Waals surface area (Å²) in [6.45, 7) is 0.427. The van der Waals surface area contributed by atoms with Gasteiger partial charge in [-0.1, -0.05) is 5.16 Å². The van der Waals surface area contributed by atoms with Gasteiger partial charge in [-0.2, -0.15) is 0 Å². The number of ketones is 1. The molecule has 0 radical (unpaired) electrons. The highest BCUT2D eigenvalue weighted by Gasteiger charge is 2.39. The number of Topliss-reactive ketones (excluding diaryl/α,β-unsaturated/α-hetero) is 1. The molecule has 0 amide bonds. The summed E-state index contributed by atoms with van der Waals surface area (Å²) >= 11 is 0. The molecule has 3 aliphatic carbocycles. The van der Waals surface area contributed by atoms with Gasteiger partial charge in [-0.15, -0.1) is 0 Å². The van der Waals surface area contributed by atoms with Crippen LogP contribution in [-0.4, -0.2) is 23.0 Å². The molecular weight excluding hydrogens is 328 g/mol. The van der Waals surface area contributed by atoms with Crippen molar-refractivity contribution in [3.63, 3.8) is 0 Å². The maximum Gasteiger partial charge on any atom is 0.248 e. The van der Waals surface area contributed by atoms with Gasteiger partial charge in [0.05, 0.1) is 18.4 Å². The molecule has 4 nitrogen and oxygen atoms in total. The Hall–Kier alpha value is -1.30. The second kappa shape index (κ2) is 6.78. The zero-order valence-corrected chi connectivity index (χ0v) is 14.4. The quantitative estimate of drug-likeness (QED) is 0.757. The van der Waals surface area contributed by atoms with E-state index in [4.69, 9.17) is 9.26 Å². The molecule has 0 saturated heterocycles. The SMILES string of the molecule is O=C1CCC(OCc2c(C3CCC(F)(F)CC3)noc2C2CC2)CC1. The smallest absolute Gasteiger partial charge is 0.248 e. The van der Waals surface area contributed by atoms with Crippen LogP contribution in [0.25, 0.3) is 0 Å². The number of halogens is 2. The topological polar surface area (TPSA) is 52.3 Å². The first-order chi connectivity index (χ1) is 12.0. The summed E-state index contributed by atoms with van der Waals surface area (Å²) < 4.78 is 38.6. The molecule has 1 heterocycles. The van der Waals surface area contributed by atoms with Crippen LogP contribution >= 0.6 is 0 Å². The molecule has 0 bridgehead atoms. The van der Waals surface area contributed by atoms with Crippen molar-refractivity contribution in [3.8, 4) is 0 Å². The molecule has 3 aliphatic rings. The van der Waals surface area contributed by atoms with E-state index in [0.717, 1.165) is 42.7 Å². The minimum absolute atomic E-state index is 0.0439. The third kappa shape index (κ3) is 3.94. The van der Waals surface area contributed by atoms with Crippen molar-refractivity contribution < 1.29 is 22.8 Å². The molecule has 3 saturated carbocycles. The van der Waals surface area contributed by atoms with Crippen molar-refractivity contribution in [1.29, 1.82) is 0 Å². The first-order valence-corrected chi connectivity index (χ1v) is 9.51. The lowest BCUT2D eigenvalue weighted by molar-refractivity contribution is -0.123. The monoisotopic (exact) mass is 353 g/mol. The van der Waals surface area contributed by atoms with Crippen molar-refractivity contribution in [2.45, 2.75) is 94.7 Å². The minimum Gasteiger partial charge on any atom is -0.373 e. The molecular formula is C19H25F2NO3. The largest absolute Gasteiger partial charge is 0.373 e. The zero-order chi connectivity index (χ0) is 17.4. The average molecular weight is 353 g/mol. The van der Waals surface area contributed by atoms with Gasteiger partial charge >= 0.3 is 0 Å². The molecule has 3 fully saturated rings. The molecule has 0 N–H and O–H groups in total. The molecule has 0 spiro atoms. The number of hydrogen-bond donors (Lipinski definition) is 0. The van der Waals surface area contributed by atoms with E-state index in [9.17, 15) is 13.6 Å². The highest BCUT2D eigenvalue weighted by molar-refractivity contribution is 5.79. The predicted octanol–water partition coefficient (Wildman–Crippen LogP) is 4.87. The molecule has 25 heavy (non-hydrogen) atoms. The number of aromatic nitrogens is 1. The fourth-order valence-corrected chi connectivity index (χ4v) is 4.06. The lowest BCUT2D eigenvalue weighted by Crippen LogP contribution is -2.25. The van der Waals surface area contributed by atoms with Crippen molar-refractivity contribution in [1.82, 2.24) is 5.16 Å². The van der Waals surface area contributed by atoms with Crippen LogP contribution in [-0.2, 0) is 16.1 Å². The third-order valence-corrected chi connectivity index (χ3v) is 5.85. The lowest BCUT2D eigenvalue weighted by Gasteiger charge is -2.27. The van der Waals surface area contributed by atoms with Crippen molar-refractivity contribution >= 4 is 5.78 Å². The van der Waals surface area contributed by atoms with E-state index >= 15 is 0 Å². The van der Waals surface area contributed by atoms with Crippen LogP contribution in [0, 0.1) is 0 Å². The first kappa shape index (κ1) is 17.1.